The van der Waals surface area contributed by atoms with Gasteiger partial charge in [-0.05, 0) is 63.0 Å². The minimum atomic E-state index is 0.412. The summed E-state index contributed by atoms with van der Waals surface area (Å²) in [5.74, 6) is 4.80. The van der Waals surface area contributed by atoms with E-state index in [0.717, 1.165) is 11.8 Å². The van der Waals surface area contributed by atoms with Crippen LogP contribution in [0.3, 0.4) is 0 Å². The molecule has 0 radical (unpaired) electrons. The Morgan fingerprint density at radius 2 is 1.85 bits per heavy atom. The SMILES string of the molecule is CC1(C)CC(C2CCSCC2)CN1. The van der Waals surface area contributed by atoms with Crippen LogP contribution in [-0.2, 0) is 0 Å². The van der Waals surface area contributed by atoms with Crippen molar-refractivity contribution in [2.24, 2.45) is 11.8 Å². The van der Waals surface area contributed by atoms with E-state index < -0.39 is 0 Å². The molecule has 2 heteroatoms. The van der Waals surface area contributed by atoms with Crippen molar-refractivity contribution in [2.75, 3.05) is 18.1 Å². The minimum absolute atomic E-state index is 0.412. The van der Waals surface area contributed by atoms with Gasteiger partial charge in [-0.15, -0.1) is 0 Å². The molecule has 2 rings (SSSR count). The van der Waals surface area contributed by atoms with Crippen LogP contribution in [0.5, 0.6) is 0 Å². The molecule has 76 valence electrons. The smallest absolute Gasteiger partial charge is 0.0128 e. The molecule has 0 aromatic carbocycles. The summed E-state index contributed by atoms with van der Waals surface area (Å²) in [7, 11) is 0. The Labute approximate surface area is 86.0 Å². The Morgan fingerprint density at radius 3 is 2.38 bits per heavy atom. The number of hydrogen-bond acceptors (Lipinski definition) is 2. The topological polar surface area (TPSA) is 12.0 Å². The van der Waals surface area contributed by atoms with Crippen LogP contribution in [0.25, 0.3) is 0 Å². The Balaban J connectivity index is 1.87. The third-order valence-electron chi connectivity index (χ3n) is 3.55. The molecule has 0 spiro atoms. The molecule has 0 aromatic heterocycles. The van der Waals surface area contributed by atoms with Crippen molar-refractivity contribution >= 4 is 11.8 Å². The highest BCUT2D eigenvalue weighted by atomic mass is 32.2. The highest BCUT2D eigenvalue weighted by Crippen LogP contribution is 2.36. The predicted molar refractivity (Wildman–Crippen MR) is 60.2 cm³/mol. The Bertz CT molecular complexity index is 173. The second-order valence-corrected chi connectivity index (χ2v) is 6.40. The molecule has 0 bridgehead atoms. The first kappa shape index (κ1) is 9.85. The van der Waals surface area contributed by atoms with Crippen LogP contribution in [0.1, 0.15) is 33.1 Å². The lowest BCUT2D eigenvalue weighted by Gasteiger charge is -2.27. The molecule has 1 unspecified atom stereocenters. The van der Waals surface area contributed by atoms with Crippen LogP contribution in [0, 0.1) is 11.8 Å². The summed E-state index contributed by atoms with van der Waals surface area (Å²) >= 11 is 2.14. The largest absolute Gasteiger partial charge is 0.311 e. The summed E-state index contributed by atoms with van der Waals surface area (Å²) in [6.45, 7) is 5.94. The minimum Gasteiger partial charge on any atom is -0.311 e. The van der Waals surface area contributed by atoms with Gasteiger partial charge in [-0.25, -0.2) is 0 Å². The van der Waals surface area contributed by atoms with E-state index in [1.165, 1.54) is 37.3 Å². The predicted octanol–water partition coefficient (Wildman–Crippen LogP) is 2.52. The van der Waals surface area contributed by atoms with Crippen LogP contribution < -0.4 is 5.32 Å². The molecule has 2 fully saturated rings. The average Bonchev–Trinajstić information content (AvgIpc) is 2.48. The van der Waals surface area contributed by atoms with Gasteiger partial charge in [0.25, 0.3) is 0 Å². The van der Waals surface area contributed by atoms with Gasteiger partial charge in [0.15, 0.2) is 0 Å². The molecule has 0 amide bonds. The fraction of sp³-hybridized carbons (Fsp3) is 1.00. The standard InChI is InChI=1S/C11H21NS/c1-11(2)7-10(8-12-11)9-3-5-13-6-4-9/h9-10,12H,3-8H2,1-2H3. The first-order chi connectivity index (χ1) is 6.17. The molecule has 1 N–H and O–H groups in total. The Hall–Kier alpha value is 0.310. The maximum absolute atomic E-state index is 3.64. The second-order valence-electron chi connectivity index (χ2n) is 5.18. The number of thioether (sulfide) groups is 1. The zero-order valence-electron chi connectivity index (χ0n) is 8.81. The second kappa shape index (κ2) is 3.82. The summed E-state index contributed by atoms with van der Waals surface area (Å²) in [5, 5.41) is 3.64. The number of rotatable bonds is 1. The van der Waals surface area contributed by atoms with E-state index in [1.807, 2.05) is 0 Å². The van der Waals surface area contributed by atoms with E-state index in [4.69, 9.17) is 0 Å². The highest BCUT2D eigenvalue weighted by Gasteiger charge is 2.35. The van der Waals surface area contributed by atoms with Crippen LogP contribution in [0.4, 0.5) is 0 Å². The van der Waals surface area contributed by atoms with Gasteiger partial charge in [0, 0.05) is 5.54 Å². The molecular formula is C11H21NS. The van der Waals surface area contributed by atoms with Crippen molar-refractivity contribution in [1.29, 1.82) is 0 Å². The van der Waals surface area contributed by atoms with Crippen molar-refractivity contribution in [3.8, 4) is 0 Å². The van der Waals surface area contributed by atoms with Gasteiger partial charge in [-0.2, -0.15) is 11.8 Å². The molecule has 2 aliphatic rings. The lowest BCUT2D eigenvalue weighted by atomic mass is 9.83. The first-order valence-corrected chi connectivity index (χ1v) is 6.66. The lowest BCUT2D eigenvalue weighted by Crippen LogP contribution is -2.31. The van der Waals surface area contributed by atoms with E-state index in [-0.39, 0.29) is 0 Å². The quantitative estimate of drug-likeness (QED) is 0.696. The fourth-order valence-electron chi connectivity index (χ4n) is 2.73. The zero-order valence-corrected chi connectivity index (χ0v) is 9.62. The third kappa shape index (κ3) is 2.41. The molecule has 2 saturated heterocycles. The highest BCUT2D eigenvalue weighted by molar-refractivity contribution is 7.99. The maximum Gasteiger partial charge on any atom is 0.0128 e. The van der Waals surface area contributed by atoms with E-state index in [9.17, 15) is 0 Å². The van der Waals surface area contributed by atoms with E-state index in [0.29, 0.717) is 5.54 Å². The van der Waals surface area contributed by atoms with Gasteiger partial charge in [0.05, 0.1) is 0 Å². The zero-order chi connectivity index (χ0) is 9.31. The van der Waals surface area contributed by atoms with Crippen molar-refractivity contribution in [1.82, 2.24) is 5.32 Å². The summed E-state index contributed by atoms with van der Waals surface area (Å²) in [6, 6.07) is 0. The normalized spacial score (nSPS) is 35.1. The van der Waals surface area contributed by atoms with Crippen LogP contribution in [-0.4, -0.2) is 23.6 Å². The Morgan fingerprint density at radius 1 is 1.15 bits per heavy atom. The van der Waals surface area contributed by atoms with Crippen molar-refractivity contribution in [2.45, 2.75) is 38.6 Å². The third-order valence-corrected chi connectivity index (χ3v) is 4.60. The van der Waals surface area contributed by atoms with Crippen molar-refractivity contribution in [3.05, 3.63) is 0 Å². The average molecular weight is 199 g/mol. The van der Waals surface area contributed by atoms with Gasteiger partial charge in [-0.3, -0.25) is 0 Å². The maximum atomic E-state index is 3.64. The molecule has 1 atom stereocenters. The van der Waals surface area contributed by atoms with Crippen LogP contribution in [0.15, 0.2) is 0 Å². The molecule has 0 aliphatic carbocycles. The van der Waals surface area contributed by atoms with E-state index in [2.05, 4.69) is 30.9 Å². The Kier molecular flexibility index (Phi) is 2.89. The summed E-state index contributed by atoms with van der Waals surface area (Å²) in [4.78, 5) is 0. The molecular weight excluding hydrogens is 178 g/mol. The summed E-state index contributed by atoms with van der Waals surface area (Å²) < 4.78 is 0. The molecule has 2 heterocycles. The van der Waals surface area contributed by atoms with Gasteiger partial charge in [0.2, 0.25) is 0 Å². The summed E-state index contributed by atoms with van der Waals surface area (Å²) in [6.07, 6.45) is 4.32. The van der Waals surface area contributed by atoms with E-state index in [1.54, 1.807) is 0 Å². The molecule has 2 aliphatic heterocycles. The van der Waals surface area contributed by atoms with E-state index >= 15 is 0 Å². The van der Waals surface area contributed by atoms with Crippen LogP contribution >= 0.6 is 11.8 Å². The molecule has 1 nitrogen and oxygen atoms in total. The molecule has 13 heavy (non-hydrogen) atoms. The van der Waals surface area contributed by atoms with Crippen LogP contribution in [0.2, 0.25) is 0 Å². The van der Waals surface area contributed by atoms with Crippen molar-refractivity contribution < 1.29 is 0 Å². The lowest BCUT2D eigenvalue weighted by molar-refractivity contribution is 0.318. The summed E-state index contributed by atoms with van der Waals surface area (Å²) in [5.41, 5.74) is 0.412. The molecule has 0 aromatic rings. The van der Waals surface area contributed by atoms with Gasteiger partial charge in [0.1, 0.15) is 0 Å². The number of nitrogens with one attached hydrogen (secondary N) is 1. The molecule has 0 saturated carbocycles. The van der Waals surface area contributed by atoms with Crippen molar-refractivity contribution in [3.63, 3.8) is 0 Å². The first-order valence-electron chi connectivity index (χ1n) is 5.50. The monoisotopic (exact) mass is 199 g/mol. The fourth-order valence-corrected chi connectivity index (χ4v) is 3.87. The van der Waals surface area contributed by atoms with Gasteiger partial charge in [-0.1, -0.05) is 0 Å². The number of hydrogen-bond donors (Lipinski definition) is 1. The van der Waals surface area contributed by atoms with Gasteiger partial charge >= 0.3 is 0 Å². The van der Waals surface area contributed by atoms with Gasteiger partial charge < -0.3 is 5.32 Å².